The lowest BCUT2D eigenvalue weighted by molar-refractivity contribution is -0.139. The van der Waals surface area contributed by atoms with Gasteiger partial charge in [-0.05, 0) is 83.4 Å². The van der Waals surface area contributed by atoms with Crippen LogP contribution in [0.25, 0.3) is 11.1 Å². The average molecular weight is 562 g/mol. The number of fused-ring (bicyclic) bond motifs is 1. The van der Waals surface area contributed by atoms with E-state index in [2.05, 4.69) is 30.4 Å². The Bertz CT molecular complexity index is 1320. The molecule has 0 saturated carbocycles. The highest BCUT2D eigenvalue weighted by Gasteiger charge is 2.23. The first-order chi connectivity index (χ1) is 19.4. The number of carboxylic acids is 1. The maximum Gasteiger partial charge on any atom is 0.326 e. The Morgan fingerprint density at radius 3 is 2.65 bits per heavy atom. The van der Waals surface area contributed by atoms with Crippen molar-refractivity contribution in [1.29, 1.82) is 0 Å². The van der Waals surface area contributed by atoms with Crippen LogP contribution in [0.2, 0.25) is 0 Å². The lowest BCUT2D eigenvalue weighted by Crippen LogP contribution is -2.41. The molecule has 1 aliphatic heterocycles. The number of carbonyl (C=O) groups is 2. The van der Waals surface area contributed by atoms with Crippen LogP contribution < -0.4 is 10.1 Å². The van der Waals surface area contributed by atoms with Crippen molar-refractivity contribution in [2.24, 2.45) is 0 Å². The molecule has 0 radical (unpaired) electrons. The van der Waals surface area contributed by atoms with Gasteiger partial charge >= 0.3 is 5.97 Å². The van der Waals surface area contributed by atoms with E-state index in [0.717, 1.165) is 65.9 Å². The maximum atomic E-state index is 13.4. The first kappa shape index (κ1) is 29.7. The fraction of sp³-hybridized carbons (Fsp3) is 0.394. The van der Waals surface area contributed by atoms with Gasteiger partial charge in [0.25, 0.3) is 5.91 Å². The maximum absolute atomic E-state index is 13.4. The summed E-state index contributed by atoms with van der Waals surface area (Å²) in [5, 5.41) is 12.4. The molecule has 6 nitrogen and oxygen atoms in total. The van der Waals surface area contributed by atoms with Gasteiger partial charge in [-0.2, -0.15) is 11.8 Å². The van der Waals surface area contributed by atoms with Gasteiger partial charge in [-0.25, -0.2) is 4.79 Å². The number of aliphatic carboxylic acids is 1. The highest BCUT2D eigenvalue weighted by Crippen LogP contribution is 2.33. The number of hydrogen-bond donors (Lipinski definition) is 2. The predicted molar refractivity (Wildman–Crippen MR) is 161 cm³/mol. The number of carbonyl (C=O) groups excluding carboxylic acids is 1. The SMILES string of the molecule is CCCCC(OCc1ccc(C(=O)NC(CCSC)C(=O)O)c(-c2ccccc2C)c1)c1ccc2c(c1)OCC2. The molecule has 7 heteroatoms. The van der Waals surface area contributed by atoms with Gasteiger partial charge in [-0.1, -0.05) is 62.2 Å². The smallest absolute Gasteiger partial charge is 0.326 e. The van der Waals surface area contributed by atoms with Crippen molar-refractivity contribution in [2.75, 3.05) is 18.6 Å². The number of hydrogen-bond acceptors (Lipinski definition) is 5. The second kappa shape index (κ2) is 14.4. The van der Waals surface area contributed by atoms with Crippen molar-refractivity contribution in [1.82, 2.24) is 5.32 Å². The molecule has 1 aliphatic rings. The number of nitrogens with one attached hydrogen (secondary N) is 1. The van der Waals surface area contributed by atoms with Crippen molar-refractivity contribution in [3.8, 4) is 16.9 Å². The molecule has 1 heterocycles. The number of rotatable bonds is 14. The Balaban J connectivity index is 1.60. The van der Waals surface area contributed by atoms with Crippen LogP contribution in [-0.2, 0) is 22.6 Å². The van der Waals surface area contributed by atoms with Crippen molar-refractivity contribution in [3.05, 3.63) is 88.5 Å². The highest BCUT2D eigenvalue weighted by molar-refractivity contribution is 7.98. The topological polar surface area (TPSA) is 84.9 Å². The number of benzene rings is 3. The zero-order valence-corrected chi connectivity index (χ0v) is 24.4. The third kappa shape index (κ3) is 7.46. The molecular weight excluding hydrogens is 522 g/mol. The van der Waals surface area contributed by atoms with Crippen LogP contribution in [-0.4, -0.2) is 41.6 Å². The van der Waals surface area contributed by atoms with E-state index < -0.39 is 17.9 Å². The molecule has 3 aromatic carbocycles. The summed E-state index contributed by atoms with van der Waals surface area (Å²) < 4.78 is 12.3. The zero-order valence-electron chi connectivity index (χ0n) is 23.6. The molecular formula is C33H39NO5S. The minimum atomic E-state index is -1.03. The van der Waals surface area contributed by atoms with Gasteiger partial charge in [0.05, 0.1) is 19.3 Å². The standard InChI is InChI=1S/C33H39NO5S/c1-4-5-10-30(25-13-12-24-15-17-38-31(24)20-25)39-21-23-11-14-27(28(19-23)26-9-7-6-8-22(26)2)32(35)34-29(33(36)37)16-18-40-3/h6-9,11-14,19-20,29-30H,4-5,10,15-18,21H2,1-3H3,(H,34,35)(H,36,37). The Kier molecular flexibility index (Phi) is 10.7. The van der Waals surface area contributed by atoms with Crippen molar-refractivity contribution >= 4 is 23.6 Å². The van der Waals surface area contributed by atoms with Gasteiger partial charge < -0.3 is 19.9 Å². The summed E-state index contributed by atoms with van der Waals surface area (Å²) in [4.78, 5) is 25.2. The normalized spacial score (nSPS) is 13.8. The molecule has 2 atom stereocenters. The first-order valence-corrected chi connectivity index (χ1v) is 15.4. The number of carboxylic acid groups (broad SMARTS) is 1. The van der Waals surface area contributed by atoms with E-state index in [4.69, 9.17) is 9.47 Å². The molecule has 0 aromatic heterocycles. The summed E-state index contributed by atoms with van der Waals surface area (Å²) in [6.07, 6.45) is 6.21. The summed E-state index contributed by atoms with van der Waals surface area (Å²) >= 11 is 1.56. The molecule has 0 bridgehead atoms. The molecule has 0 saturated heterocycles. The second-order valence-corrected chi connectivity index (χ2v) is 11.2. The van der Waals surface area contributed by atoms with Crippen LogP contribution in [0.3, 0.4) is 0 Å². The number of ether oxygens (including phenoxy) is 2. The predicted octanol–water partition coefficient (Wildman–Crippen LogP) is 6.98. The van der Waals surface area contributed by atoms with Crippen molar-refractivity contribution in [3.63, 3.8) is 0 Å². The van der Waals surface area contributed by atoms with E-state index in [1.807, 2.05) is 49.6 Å². The van der Waals surface area contributed by atoms with Gasteiger partial charge in [-0.15, -0.1) is 0 Å². The molecule has 1 amide bonds. The van der Waals surface area contributed by atoms with Crippen LogP contribution in [0.15, 0.2) is 60.7 Å². The number of aryl methyl sites for hydroxylation is 1. The summed E-state index contributed by atoms with van der Waals surface area (Å²) in [6.45, 7) is 5.30. The van der Waals surface area contributed by atoms with Gasteiger partial charge in [0.15, 0.2) is 0 Å². The minimum Gasteiger partial charge on any atom is -0.493 e. The van der Waals surface area contributed by atoms with Crippen LogP contribution in [0.5, 0.6) is 5.75 Å². The Morgan fingerprint density at radius 2 is 1.90 bits per heavy atom. The number of amides is 1. The molecule has 212 valence electrons. The fourth-order valence-corrected chi connectivity index (χ4v) is 5.49. The van der Waals surface area contributed by atoms with E-state index in [-0.39, 0.29) is 6.10 Å². The van der Waals surface area contributed by atoms with Crippen LogP contribution in [0.1, 0.15) is 71.3 Å². The first-order valence-electron chi connectivity index (χ1n) is 14.0. The fourth-order valence-electron chi connectivity index (χ4n) is 5.02. The minimum absolute atomic E-state index is 0.0629. The van der Waals surface area contributed by atoms with Gasteiger partial charge in [0.2, 0.25) is 0 Å². The monoisotopic (exact) mass is 561 g/mol. The zero-order chi connectivity index (χ0) is 28.5. The van der Waals surface area contributed by atoms with Crippen LogP contribution >= 0.6 is 11.8 Å². The molecule has 2 N–H and O–H groups in total. The Hall–Kier alpha value is -3.29. The van der Waals surface area contributed by atoms with Gasteiger partial charge in [-0.3, -0.25) is 4.79 Å². The van der Waals surface area contributed by atoms with Crippen LogP contribution in [0.4, 0.5) is 0 Å². The molecule has 0 spiro atoms. The van der Waals surface area contributed by atoms with Crippen molar-refractivity contribution < 1.29 is 24.2 Å². The van der Waals surface area contributed by atoms with Crippen molar-refractivity contribution in [2.45, 2.75) is 64.7 Å². The Morgan fingerprint density at radius 1 is 1.07 bits per heavy atom. The summed E-state index contributed by atoms with van der Waals surface area (Å²) in [7, 11) is 0. The summed E-state index contributed by atoms with van der Waals surface area (Å²) in [5.74, 6) is 0.184. The lowest BCUT2D eigenvalue weighted by Gasteiger charge is -2.20. The number of thioether (sulfide) groups is 1. The van der Waals surface area contributed by atoms with E-state index in [1.54, 1.807) is 17.8 Å². The van der Waals surface area contributed by atoms with E-state index in [0.29, 0.717) is 24.3 Å². The second-order valence-electron chi connectivity index (χ2n) is 10.2. The summed E-state index contributed by atoms with van der Waals surface area (Å²) in [6, 6.07) is 19.1. The average Bonchev–Trinajstić information content (AvgIpc) is 3.43. The number of unbranched alkanes of at least 4 members (excludes halogenated alkanes) is 1. The van der Waals surface area contributed by atoms with E-state index in [1.165, 1.54) is 5.56 Å². The van der Waals surface area contributed by atoms with Gasteiger partial charge in [0.1, 0.15) is 11.8 Å². The molecule has 0 aliphatic carbocycles. The quantitative estimate of drug-likeness (QED) is 0.221. The lowest BCUT2D eigenvalue weighted by atomic mass is 9.93. The molecule has 40 heavy (non-hydrogen) atoms. The van der Waals surface area contributed by atoms with E-state index >= 15 is 0 Å². The largest absolute Gasteiger partial charge is 0.493 e. The molecule has 0 fully saturated rings. The summed E-state index contributed by atoms with van der Waals surface area (Å²) in [5.41, 5.74) is 6.50. The molecule has 4 rings (SSSR count). The molecule has 2 unspecified atom stereocenters. The highest BCUT2D eigenvalue weighted by atomic mass is 32.2. The van der Waals surface area contributed by atoms with Crippen LogP contribution in [0, 0.1) is 6.92 Å². The third-order valence-corrected chi connectivity index (χ3v) is 7.98. The van der Waals surface area contributed by atoms with E-state index in [9.17, 15) is 14.7 Å². The van der Waals surface area contributed by atoms with Gasteiger partial charge in [0, 0.05) is 12.0 Å². The Labute approximate surface area is 241 Å². The third-order valence-electron chi connectivity index (χ3n) is 7.34. The molecule has 3 aromatic rings.